The van der Waals surface area contributed by atoms with Gasteiger partial charge in [-0.1, -0.05) is 18.2 Å². The standard InChI is InChI=1S/C15H22N2O3S2/c1-21-11-10-14(15(18)16-12-6-5-7-12)17-22(19,20)13-8-3-2-4-9-13/h2-4,8-9,12,14,17H,5-7,10-11H2,1H3,(H,16,18)/t14-/m0/s1. The van der Waals surface area contributed by atoms with Gasteiger partial charge in [0, 0.05) is 6.04 Å². The van der Waals surface area contributed by atoms with Crippen molar-refractivity contribution in [2.75, 3.05) is 12.0 Å². The Morgan fingerprint density at radius 1 is 1.32 bits per heavy atom. The summed E-state index contributed by atoms with van der Waals surface area (Å²) < 4.78 is 27.3. The molecule has 1 atom stereocenters. The summed E-state index contributed by atoms with van der Waals surface area (Å²) in [6, 6.07) is 7.62. The fourth-order valence-corrected chi connectivity index (χ4v) is 3.91. The molecule has 7 heteroatoms. The third kappa shape index (κ3) is 4.72. The molecule has 1 fully saturated rings. The van der Waals surface area contributed by atoms with Crippen LogP contribution in [-0.2, 0) is 14.8 Å². The third-order valence-electron chi connectivity index (χ3n) is 3.73. The molecular weight excluding hydrogens is 320 g/mol. The number of hydrogen-bond acceptors (Lipinski definition) is 4. The smallest absolute Gasteiger partial charge is 0.241 e. The van der Waals surface area contributed by atoms with E-state index in [1.165, 1.54) is 12.1 Å². The number of nitrogens with one attached hydrogen (secondary N) is 2. The highest BCUT2D eigenvalue weighted by Gasteiger charge is 2.28. The van der Waals surface area contributed by atoms with Gasteiger partial charge in [0.25, 0.3) is 0 Å². The molecule has 2 rings (SSSR count). The fraction of sp³-hybridized carbons (Fsp3) is 0.533. The molecule has 1 amide bonds. The van der Waals surface area contributed by atoms with E-state index in [9.17, 15) is 13.2 Å². The molecule has 5 nitrogen and oxygen atoms in total. The van der Waals surface area contributed by atoms with Gasteiger partial charge in [-0.25, -0.2) is 8.42 Å². The van der Waals surface area contributed by atoms with Crippen LogP contribution in [0.5, 0.6) is 0 Å². The Balaban J connectivity index is 2.06. The molecule has 0 heterocycles. The average molecular weight is 342 g/mol. The average Bonchev–Trinajstić information content (AvgIpc) is 2.48. The van der Waals surface area contributed by atoms with Crippen molar-refractivity contribution in [1.82, 2.24) is 10.0 Å². The Labute approximate surface area is 136 Å². The zero-order valence-corrected chi connectivity index (χ0v) is 14.3. The molecule has 0 spiro atoms. The summed E-state index contributed by atoms with van der Waals surface area (Å²) in [5, 5.41) is 2.92. The van der Waals surface area contributed by atoms with Gasteiger partial charge in [0.05, 0.1) is 4.90 Å². The SMILES string of the molecule is CSCC[C@H](NS(=O)(=O)c1ccccc1)C(=O)NC1CCC1. The summed E-state index contributed by atoms with van der Waals surface area (Å²) in [5.41, 5.74) is 0. The molecule has 0 aliphatic heterocycles. The lowest BCUT2D eigenvalue weighted by Crippen LogP contribution is -2.51. The van der Waals surface area contributed by atoms with Gasteiger partial charge in [-0.15, -0.1) is 0 Å². The lowest BCUT2D eigenvalue weighted by atomic mass is 9.93. The van der Waals surface area contributed by atoms with Crippen molar-refractivity contribution < 1.29 is 13.2 Å². The summed E-state index contributed by atoms with van der Waals surface area (Å²) in [4.78, 5) is 12.5. The monoisotopic (exact) mass is 342 g/mol. The van der Waals surface area contributed by atoms with E-state index in [-0.39, 0.29) is 16.8 Å². The first-order valence-electron chi connectivity index (χ1n) is 7.39. The number of carbonyl (C=O) groups is 1. The minimum absolute atomic E-state index is 0.181. The van der Waals surface area contributed by atoms with Crippen molar-refractivity contribution in [3.05, 3.63) is 30.3 Å². The number of sulfonamides is 1. The van der Waals surface area contributed by atoms with Crippen molar-refractivity contribution in [3.63, 3.8) is 0 Å². The molecule has 1 saturated carbocycles. The first-order valence-corrected chi connectivity index (χ1v) is 10.3. The normalized spacial score (nSPS) is 16.8. The number of hydrogen-bond donors (Lipinski definition) is 2. The summed E-state index contributed by atoms with van der Waals surface area (Å²) in [6.07, 6.45) is 5.49. The summed E-state index contributed by atoms with van der Waals surface area (Å²) >= 11 is 1.59. The maximum Gasteiger partial charge on any atom is 0.241 e. The molecule has 22 heavy (non-hydrogen) atoms. The van der Waals surface area contributed by atoms with Crippen LogP contribution in [0.3, 0.4) is 0 Å². The number of benzene rings is 1. The van der Waals surface area contributed by atoms with Crippen LogP contribution in [0.15, 0.2) is 35.2 Å². The number of thioether (sulfide) groups is 1. The summed E-state index contributed by atoms with van der Waals surface area (Å²) in [5.74, 6) is 0.498. The topological polar surface area (TPSA) is 75.3 Å². The maximum atomic E-state index is 12.4. The van der Waals surface area contributed by atoms with Gasteiger partial charge in [-0.2, -0.15) is 16.5 Å². The molecule has 2 N–H and O–H groups in total. The highest BCUT2D eigenvalue weighted by Crippen LogP contribution is 2.18. The van der Waals surface area contributed by atoms with Crippen molar-refractivity contribution in [2.45, 2.75) is 42.7 Å². The molecule has 1 aromatic carbocycles. The Kier molecular flexibility index (Phi) is 6.28. The van der Waals surface area contributed by atoms with Crippen molar-refractivity contribution in [1.29, 1.82) is 0 Å². The van der Waals surface area contributed by atoms with Crippen LogP contribution in [0, 0.1) is 0 Å². The Bertz CT molecular complexity index is 586. The Morgan fingerprint density at radius 2 is 2.00 bits per heavy atom. The van der Waals surface area contributed by atoms with Crippen molar-refractivity contribution in [2.24, 2.45) is 0 Å². The van der Waals surface area contributed by atoms with Gasteiger partial charge in [-0.3, -0.25) is 4.79 Å². The summed E-state index contributed by atoms with van der Waals surface area (Å²) in [6.45, 7) is 0. The zero-order valence-electron chi connectivity index (χ0n) is 12.6. The molecule has 0 unspecified atom stereocenters. The van der Waals surface area contributed by atoms with E-state index < -0.39 is 16.1 Å². The molecule has 1 aliphatic carbocycles. The van der Waals surface area contributed by atoms with Gasteiger partial charge < -0.3 is 5.32 Å². The lowest BCUT2D eigenvalue weighted by molar-refractivity contribution is -0.124. The molecule has 0 radical (unpaired) electrons. The van der Waals surface area contributed by atoms with Crippen molar-refractivity contribution >= 4 is 27.7 Å². The lowest BCUT2D eigenvalue weighted by Gasteiger charge is -2.28. The predicted octanol–water partition coefficient (Wildman–Crippen LogP) is 1.76. The minimum Gasteiger partial charge on any atom is -0.352 e. The van der Waals surface area contributed by atoms with Crippen LogP contribution < -0.4 is 10.0 Å². The Morgan fingerprint density at radius 3 is 2.55 bits per heavy atom. The highest BCUT2D eigenvalue weighted by molar-refractivity contribution is 7.98. The second-order valence-corrected chi connectivity index (χ2v) is 8.10. The van der Waals surface area contributed by atoms with Gasteiger partial charge in [0.1, 0.15) is 6.04 Å². The van der Waals surface area contributed by atoms with E-state index in [2.05, 4.69) is 10.0 Å². The quantitative estimate of drug-likeness (QED) is 0.755. The molecule has 1 aromatic rings. The van der Waals surface area contributed by atoms with Crippen LogP contribution in [0.2, 0.25) is 0 Å². The summed E-state index contributed by atoms with van der Waals surface area (Å²) in [7, 11) is -3.68. The maximum absolute atomic E-state index is 12.4. The van der Waals surface area contributed by atoms with E-state index in [0.717, 1.165) is 25.0 Å². The second-order valence-electron chi connectivity index (χ2n) is 5.40. The second kappa shape index (κ2) is 7.99. The third-order valence-corrected chi connectivity index (χ3v) is 5.86. The van der Waals surface area contributed by atoms with Gasteiger partial charge in [0.2, 0.25) is 15.9 Å². The molecule has 0 aromatic heterocycles. The molecule has 1 aliphatic rings. The van der Waals surface area contributed by atoms with E-state index in [4.69, 9.17) is 0 Å². The largest absolute Gasteiger partial charge is 0.352 e. The van der Waals surface area contributed by atoms with Crippen LogP contribution in [0.4, 0.5) is 0 Å². The fourth-order valence-electron chi connectivity index (χ4n) is 2.19. The molecular formula is C15H22N2O3S2. The number of rotatable bonds is 8. The molecule has 122 valence electrons. The molecule has 0 saturated heterocycles. The minimum atomic E-state index is -3.68. The van der Waals surface area contributed by atoms with Gasteiger partial charge in [0.15, 0.2) is 0 Å². The highest BCUT2D eigenvalue weighted by atomic mass is 32.2. The van der Waals surface area contributed by atoms with Gasteiger partial charge in [-0.05, 0) is 49.8 Å². The van der Waals surface area contributed by atoms with Crippen LogP contribution in [0.25, 0.3) is 0 Å². The van der Waals surface area contributed by atoms with Gasteiger partial charge >= 0.3 is 0 Å². The van der Waals surface area contributed by atoms with Crippen LogP contribution in [0.1, 0.15) is 25.7 Å². The van der Waals surface area contributed by atoms with E-state index >= 15 is 0 Å². The zero-order chi connectivity index (χ0) is 16.0. The van der Waals surface area contributed by atoms with E-state index in [1.54, 1.807) is 30.0 Å². The van der Waals surface area contributed by atoms with E-state index in [1.807, 2.05) is 6.26 Å². The van der Waals surface area contributed by atoms with Crippen LogP contribution >= 0.6 is 11.8 Å². The first kappa shape index (κ1) is 17.3. The van der Waals surface area contributed by atoms with Crippen molar-refractivity contribution in [3.8, 4) is 0 Å². The number of amides is 1. The molecule has 0 bridgehead atoms. The predicted molar refractivity (Wildman–Crippen MR) is 89.3 cm³/mol. The first-order chi connectivity index (χ1) is 10.5. The van der Waals surface area contributed by atoms with E-state index in [0.29, 0.717) is 6.42 Å². The Hall–Kier alpha value is -1.05. The number of carbonyl (C=O) groups excluding carboxylic acids is 1. The van der Waals surface area contributed by atoms with Crippen LogP contribution in [-0.4, -0.2) is 38.4 Å².